The van der Waals surface area contributed by atoms with E-state index in [1.54, 1.807) is 6.20 Å². The number of nitrogens with one attached hydrogen (secondary N) is 1. The molecule has 3 heteroatoms. The van der Waals surface area contributed by atoms with Gasteiger partial charge in [0.05, 0.1) is 11.2 Å². The summed E-state index contributed by atoms with van der Waals surface area (Å²) in [6.45, 7) is 0. The molecule has 0 saturated heterocycles. The number of anilines is 2. The molecule has 0 fully saturated rings. The monoisotopic (exact) mass is 225 g/mol. The van der Waals surface area contributed by atoms with Crippen molar-refractivity contribution in [3.05, 3.63) is 42.6 Å². The van der Waals surface area contributed by atoms with Gasteiger partial charge in [0.25, 0.3) is 0 Å². The lowest BCUT2D eigenvalue weighted by Gasteiger charge is -2.15. The Balaban J connectivity index is 2.01. The van der Waals surface area contributed by atoms with Gasteiger partial charge < -0.3 is 11.1 Å². The molecule has 86 valence electrons. The molecular weight excluding hydrogens is 210 g/mol. The van der Waals surface area contributed by atoms with E-state index in [9.17, 15) is 0 Å². The van der Waals surface area contributed by atoms with E-state index in [1.165, 1.54) is 0 Å². The van der Waals surface area contributed by atoms with Crippen molar-refractivity contribution in [2.45, 2.75) is 18.9 Å². The number of nitrogens with two attached hydrogens (primary N) is 1. The van der Waals surface area contributed by atoms with E-state index in [4.69, 9.17) is 5.73 Å². The second-order valence-electron chi connectivity index (χ2n) is 4.39. The number of pyridine rings is 1. The van der Waals surface area contributed by atoms with Gasteiger partial charge in [-0.05, 0) is 37.1 Å². The molecule has 0 saturated carbocycles. The average molecular weight is 225 g/mol. The predicted molar refractivity (Wildman–Crippen MR) is 71.9 cm³/mol. The Labute approximate surface area is 100 Å². The van der Waals surface area contributed by atoms with Gasteiger partial charge in [-0.25, -0.2) is 0 Å². The number of aromatic nitrogens is 1. The minimum absolute atomic E-state index is 0.490. The molecule has 1 aromatic heterocycles. The predicted octanol–water partition coefficient (Wildman–Crippen LogP) is 2.95. The maximum Gasteiger partial charge on any atom is 0.0953 e. The first-order valence-corrected chi connectivity index (χ1v) is 5.89. The van der Waals surface area contributed by atoms with Gasteiger partial charge in [-0.1, -0.05) is 12.2 Å². The van der Waals surface area contributed by atoms with Gasteiger partial charge in [0.1, 0.15) is 0 Å². The van der Waals surface area contributed by atoms with E-state index in [1.807, 2.05) is 24.3 Å². The van der Waals surface area contributed by atoms with Crippen LogP contribution in [0.2, 0.25) is 0 Å². The largest absolute Gasteiger partial charge is 0.398 e. The number of hydrogen-bond acceptors (Lipinski definition) is 3. The standard InChI is InChI=1S/C14H15N3/c15-12-7-8-13(17-10-4-1-2-5-10)14-11(12)6-3-9-16-14/h1-3,6-10,17H,4-5,15H2. The van der Waals surface area contributed by atoms with Gasteiger partial charge >= 0.3 is 0 Å². The lowest BCUT2D eigenvalue weighted by Crippen LogP contribution is -2.15. The van der Waals surface area contributed by atoms with Crippen molar-refractivity contribution in [3.63, 3.8) is 0 Å². The first-order valence-electron chi connectivity index (χ1n) is 5.89. The average Bonchev–Trinajstić information content (AvgIpc) is 2.86. The van der Waals surface area contributed by atoms with E-state index in [2.05, 4.69) is 22.5 Å². The number of nitrogen functional groups attached to an aromatic ring is 1. The van der Waals surface area contributed by atoms with Crippen LogP contribution in [-0.4, -0.2) is 11.0 Å². The summed E-state index contributed by atoms with van der Waals surface area (Å²) in [5.41, 5.74) is 8.76. The van der Waals surface area contributed by atoms with Crippen molar-refractivity contribution >= 4 is 22.3 Å². The van der Waals surface area contributed by atoms with Crippen LogP contribution < -0.4 is 11.1 Å². The Hall–Kier alpha value is -2.03. The van der Waals surface area contributed by atoms with Crippen LogP contribution in [0.25, 0.3) is 10.9 Å². The fourth-order valence-electron chi connectivity index (χ4n) is 2.27. The molecule has 1 aromatic carbocycles. The van der Waals surface area contributed by atoms with E-state index in [-0.39, 0.29) is 0 Å². The van der Waals surface area contributed by atoms with Crippen molar-refractivity contribution in [2.24, 2.45) is 0 Å². The normalized spacial score (nSPS) is 15.5. The Morgan fingerprint density at radius 2 is 2.00 bits per heavy atom. The molecule has 3 N–H and O–H groups in total. The molecule has 2 aromatic rings. The van der Waals surface area contributed by atoms with Crippen LogP contribution in [0.1, 0.15) is 12.8 Å². The number of fused-ring (bicyclic) bond motifs is 1. The van der Waals surface area contributed by atoms with E-state index < -0.39 is 0 Å². The molecule has 0 atom stereocenters. The summed E-state index contributed by atoms with van der Waals surface area (Å²) in [6, 6.07) is 8.37. The molecule has 17 heavy (non-hydrogen) atoms. The quantitative estimate of drug-likeness (QED) is 0.610. The molecule has 1 aliphatic carbocycles. The molecule has 1 heterocycles. The van der Waals surface area contributed by atoms with Crippen molar-refractivity contribution in [1.82, 2.24) is 4.98 Å². The Kier molecular flexibility index (Phi) is 2.44. The number of rotatable bonds is 2. The van der Waals surface area contributed by atoms with E-state index in [0.717, 1.165) is 35.1 Å². The summed E-state index contributed by atoms with van der Waals surface area (Å²) in [5.74, 6) is 0. The molecule has 3 rings (SSSR count). The second kappa shape index (κ2) is 4.09. The summed E-state index contributed by atoms with van der Waals surface area (Å²) in [7, 11) is 0. The third-order valence-corrected chi connectivity index (χ3v) is 3.17. The molecule has 0 bridgehead atoms. The van der Waals surface area contributed by atoms with E-state index >= 15 is 0 Å². The Bertz CT molecular complexity index is 567. The van der Waals surface area contributed by atoms with E-state index in [0.29, 0.717) is 6.04 Å². The first-order chi connectivity index (χ1) is 8.34. The summed E-state index contributed by atoms with van der Waals surface area (Å²) < 4.78 is 0. The Morgan fingerprint density at radius 3 is 2.82 bits per heavy atom. The molecule has 3 nitrogen and oxygen atoms in total. The minimum atomic E-state index is 0.490. The zero-order chi connectivity index (χ0) is 11.7. The molecule has 0 unspecified atom stereocenters. The van der Waals surface area contributed by atoms with Gasteiger partial charge in [-0.15, -0.1) is 0 Å². The highest BCUT2D eigenvalue weighted by molar-refractivity contribution is 5.98. The molecular formula is C14H15N3. The van der Waals surface area contributed by atoms with Crippen molar-refractivity contribution in [2.75, 3.05) is 11.1 Å². The first kappa shape index (κ1) is 10.1. The second-order valence-corrected chi connectivity index (χ2v) is 4.39. The molecule has 0 spiro atoms. The smallest absolute Gasteiger partial charge is 0.0953 e. The Morgan fingerprint density at radius 1 is 1.18 bits per heavy atom. The molecule has 0 radical (unpaired) electrons. The summed E-state index contributed by atoms with van der Waals surface area (Å²) in [5, 5.41) is 4.55. The molecule has 0 aliphatic heterocycles. The summed E-state index contributed by atoms with van der Waals surface area (Å²) >= 11 is 0. The van der Waals surface area contributed by atoms with Gasteiger partial charge in [0.15, 0.2) is 0 Å². The molecule has 1 aliphatic rings. The van der Waals surface area contributed by atoms with Gasteiger partial charge in [-0.3, -0.25) is 4.98 Å². The van der Waals surface area contributed by atoms with Crippen LogP contribution in [0.5, 0.6) is 0 Å². The fraction of sp³-hybridized carbons (Fsp3) is 0.214. The van der Waals surface area contributed by atoms with Crippen LogP contribution in [0.15, 0.2) is 42.6 Å². The topological polar surface area (TPSA) is 50.9 Å². The highest BCUT2D eigenvalue weighted by Gasteiger charge is 2.12. The number of hydrogen-bond donors (Lipinski definition) is 2. The van der Waals surface area contributed by atoms with Crippen LogP contribution >= 0.6 is 0 Å². The third-order valence-electron chi connectivity index (χ3n) is 3.17. The van der Waals surface area contributed by atoms with Crippen LogP contribution in [0.3, 0.4) is 0 Å². The van der Waals surface area contributed by atoms with Crippen molar-refractivity contribution in [3.8, 4) is 0 Å². The van der Waals surface area contributed by atoms with Crippen LogP contribution in [0.4, 0.5) is 11.4 Å². The van der Waals surface area contributed by atoms with Crippen LogP contribution in [-0.2, 0) is 0 Å². The van der Waals surface area contributed by atoms with Crippen molar-refractivity contribution in [1.29, 1.82) is 0 Å². The van der Waals surface area contributed by atoms with Gasteiger partial charge in [0.2, 0.25) is 0 Å². The van der Waals surface area contributed by atoms with Gasteiger partial charge in [0, 0.05) is 23.3 Å². The SMILES string of the molecule is Nc1ccc(NC2CC=CC2)c2ncccc12. The maximum atomic E-state index is 5.95. The summed E-state index contributed by atoms with van der Waals surface area (Å²) in [6.07, 6.45) is 8.40. The molecule has 0 amide bonds. The minimum Gasteiger partial charge on any atom is -0.398 e. The highest BCUT2D eigenvalue weighted by atomic mass is 14.9. The third kappa shape index (κ3) is 1.84. The van der Waals surface area contributed by atoms with Crippen LogP contribution in [0, 0.1) is 0 Å². The lowest BCUT2D eigenvalue weighted by molar-refractivity contribution is 0.788. The lowest BCUT2D eigenvalue weighted by atomic mass is 10.1. The highest BCUT2D eigenvalue weighted by Crippen LogP contribution is 2.28. The zero-order valence-electron chi connectivity index (χ0n) is 9.56. The number of nitrogens with zero attached hydrogens (tertiary/aromatic N) is 1. The summed E-state index contributed by atoms with van der Waals surface area (Å²) in [4.78, 5) is 4.42. The van der Waals surface area contributed by atoms with Crippen molar-refractivity contribution < 1.29 is 0 Å². The fourth-order valence-corrected chi connectivity index (χ4v) is 2.27. The number of benzene rings is 1. The zero-order valence-corrected chi connectivity index (χ0v) is 9.56. The maximum absolute atomic E-state index is 5.95. The van der Waals surface area contributed by atoms with Gasteiger partial charge in [-0.2, -0.15) is 0 Å².